The minimum Gasteiger partial charge on any atom is -0.309 e. The second-order valence-corrected chi connectivity index (χ2v) is 14.2. The molecule has 1 aliphatic heterocycles. The van der Waals surface area contributed by atoms with E-state index in [4.69, 9.17) is 16.6 Å². The number of rotatable bonds is 8. The summed E-state index contributed by atoms with van der Waals surface area (Å²) in [5.74, 6) is -0.198. The number of piperidine rings is 1. The first-order valence-corrected chi connectivity index (χ1v) is 15.1. The summed E-state index contributed by atoms with van der Waals surface area (Å²) in [5.41, 5.74) is 3.30. The van der Waals surface area contributed by atoms with E-state index in [1.807, 2.05) is 19.0 Å². The Morgan fingerprint density at radius 3 is 2.43 bits per heavy atom. The van der Waals surface area contributed by atoms with Gasteiger partial charge in [-0.05, 0) is 89.1 Å². The van der Waals surface area contributed by atoms with Gasteiger partial charge in [-0.15, -0.1) is 11.3 Å². The lowest BCUT2D eigenvalue weighted by atomic mass is 9.96. The highest BCUT2D eigenvalue weighted by molar-refractivity contribution is 7.91. The molecule has 1 aromatic carbocycles. The van der Waals surface area contributed by atoms with Gasteiger partial charge < -0.3 is 4.90 Å². The molecular formula is C24H31ClN4O3S3. The molecule has 0 radical (unpaired) electrons. The Morgan fingerprint density at radius 2 is 1.80 bits per heavy atom. The number of sulfonamides is 1. The summed E-state index contributed by atoms with van der Waals surface area (Å²) in [6.07, 6.45) is 1.81. The quantitative estimate of drug-likeness (QED) is 0.391. The Kier molecular flexibility index (Phi) is 8.19. The van der Waals surface area contributed by atoms with Crippen LogP contribution in [0.4, 0.5) is 5.13 Å². The number of anilines is 1. The second kappa shape index (κ2) is 10.8. The van der Waals surface area contributed by atoms with Crippen LogP contribution in [0.5, 0.6) is 0 Å². The van der Waals surface area contributed by atoms with Gasteiger partial charge >= 0.3 is 0 Å². The van der Waals surface area contributed by atoms with Gasteiger partial charge in [0.1, 0.15) is 4.21 Å². The van der Waals surface area contributed by atoms with Crippen molar-refractivity contribution >= 4 is 65.6 Å². The van der Waals surface area contributed by atoms with Crippen LogP contribution in [0, 0.1) is 19.8 Å². The second-order valence-electron chi connectivity index (χ2n) is 9.28. The first-order valence-electron chi connectivity index (χ1n) is 11.7. The summed E-state index contributed by atoms with van der Waals surface area (Å²) in [5, 5.41) is 0.719. The van der Waals surface area contributed by atoms with Crippen LogP contribution in [0.2, 0.25) is 4.34 Å². The van der Waals surface area contributed by atoms with Crippen LogP contribution in [-0.2, 0) is 14.8 Å². The number of amides is 1. The maximum atomic E-state index is 13.7. The molecule has 0 spiro atoms. The first-order chi connectivity index (χ1) is 16.6. The maximum Gasteiger partial charge on any atom is 0.252 e. The number of aromatic nitrogens is 1. The number of thiophene rings is 1. The van der Waals surface area contributed by atoms with Gasteiger partial charge in [-0.1, -0.05) is 22.9 Å². The predicted molar refractivity (Wildman–Crippen MR) is 145 cm³/mol. The zero-order chi connectivity index (χ0) is 25.3. The van der Waals surface area contributed by atoms with Crippen molar-refractivity contribution in [2.75, 3.05) is 45.2 Å². The van der Waals surface area contributed by atoms with Crippen LogP contribution < -0.4 is 4.90 Å². The van der Waals surface area contributed by atoms with Crippen LogP contribution in [0.15, 0.2) is 28.5 Å². The van der Waals surface area contributed by atoms with Gasteiger partial charge in [0.15, 0.2) is 5.13 Å². The molecule has 0 unspecified atom stereocenters. The standard InChI is InChI=1S/C24H31ClN4O3S3/c1-16-14-19-20(15-17(16)2)33-24(26-19)29(11-5-10-27(3)4)23(30)18-8-12-28(13-9-18)35(31,32)22-7-6-21(25)34-22/h6-7,14-15,18H,5,8-13H2,1-4H3. The van der Waals surface area contributed by atoms with Gasteiger partial charge in [-0.2, -0.15) is 4.31 Å². The topological polar surface area (TPSA) is 73.8 Å². The molecule has 0 N–H and O–H groups in total. The van der Waals surface area contributed by atoms with Crippen molar-refractivity contribution in [1.82, 2.24) is 14.2 Å². The van der Waals surface area contributed by atoms with Gasteiger partial charge in [0, 0.05) is 25.6 Å². The number of thiazole rings is 1. The fraction of sp³-hybridized carbons (Fsp3) is 0.500. The fourth-order valence-corrected chi connectivity index (χ4v) is 8.44. The molecule has 0 saturated carbocycles. The number of benzene rings is 1. The predicted octanol–water partition coefficient (Wildman–Crippen LogP) is 5.01. The Labute approximate surface area is 220 Å². The molecule has 1 aliphatic rings. The summed E-state index contributed by atoms with van der Waals surface area (Å²) in [7, 11) is 0.455. The highest BCUT2D eigenvalue weighted by Gasteiger charge is 2.35. The summed E-state index contributed by atoms with van der Waals surface area (Å²) in [6, 6.07) is 7.35. The van der Waals surface area contributed by atoms with E-state index in [1.165, 1.54) is 15.4 Å². The summed E-state index contributed by atoms with van der Waals surface area (Å²) >= 11 is 8.56. The molecule has 1 saturated heterocycles. The zero-order valence-corrected chi connectivity index (χ0v) is 23.7. The van der Waals surface area contributed by atoms with E-state index in [0.29, 0.717) is 36.8 Å². The molecule has 0 bridgehead atoms. The third-order valence-electron chi connectivity index (χ3n) is 6.42. The Balaban J connectivity index is 1.51. The van der Waals surface area contributed by atoms with Crippen molar-refractivity contribution in [3.8, 4) is 0 Å². The zero-order valence-electron chi connectivity index (χ0n) is 20.5. The van der Waals surface area contributed by atoms with Crippen molar-refractivity contribution in [1.29, 1.82) is 0 Å². The van der Waals surface area contributed by atoms with Gasteiger partial charge in [0.05, 0.1) is 14.6 Å². The third kappa shape index (κ3) is 5.89. The number of carbonyl (C=O) groups excluding carboxylic acids is 1. The summed E-state index contributed by atoms with van der Waals surface area (Å²) in [6.45, 7) is 6.24. The monoisotopic (exact) mass is 554 g/mol. The van der Waals surface area contributed by atoms with E-state index in [1.54, 1.807) is 23.5 Å². The number of hydrogen-bond acceptors (Lipinski definition) is 7. The molecule has 0 aliphatic carbocycles. The minimum atomic E-state index is -3.59. The van der Waals surface area contributed by atoms with E-state index < -0.39 is 10.0 Å². The Bertz CT molecular complexity index is 1270. The smallest absolute Gasteiger partial charge is 0.252 e. The number of carbonyl (C=O) groups is 1. The maximum absolute atomic E-state index is 13.7. The van der Waals surface area contributed by atoms with Crippen LogP contribution in [-0.4, -0.2) is 68.8 Å². The van der Waals surface area contributed by atoms with Crippen LogP contribution in [0.3, 0.4) is 0 Å². The van der Waals surface area contributed by atoms with Crippen LogP contribution >= 0.6 is 34.3 Å². The number of hydrogen-bond donors (Lipinski definition) is 0. The molecule has 190 valence electrons. The van der Waals surface area contributed by atoms with E-state index in [-0.39, 0.29) is 16.0 Å². The van der Waals surface area contributed by atoms with Gasteiger partial charge in [0.25, 0.3) is 10.0 Å². The average molecular weight is 555 g/mol. The molecule has 35 heavy (non-hydrogen) atoms. The average Bonchev–Trinajstić information content (AvgIpc) is 3.43. The van der Waals surface area contributed by atoms with Gasteiger partial charge in [-0.3, -0.25) is 9.69 Å². The van der Waals surface area contributed by atoms with Crippen molar-refractivity contribution < 1.29 is 13.2 Å². The van der Waals surface area contributed by atoms with Gasteiger partial charge in [-0.25, -0.2) is 13.4 Å². The lowest BCUT2D eigenvalue weighted by molar-refractivity contribution is -0.123. The van der Waals surface area contributed by atoms with Crippen molar-refractivity contribution in [3.63, 3.8) is 0 Å². The van der Waals surface area contributed by atoms with E-state index in [0.717, 1.165) is 39.7 Å². The Morgan fingerprint density at radius 1 is 1.11 bits per heavy atom. The molecule has 11 heteroatoms. The molecule has 3 heterocycles. The molecule has 7 nitrogen and oxygen atoms in total. The molecule has 1 fully saturated rings. The lowest BCUT2D eigenvalue weighted by Gasteiger charge is -2.32. The Hall–Kier alpha value is -1.56. The van der Waals surface area contributed by atoms with Crippen LogP contribution in [0.25, 0.3) is 10.2 Å². The number of aryl methyl sites for hydroxylation is 2. The highest BCUT2D eigenvalue weighted by atomic mass is 35.5. The van der Waals surface area contributed by atoms with E-state index in [9.17, 15) is 13.2 Å². The van der Waals surface area contributed by atoms with Gasteiger partial charge in [0.2, 0.25) is 5.91 Å². The number of fused-ring (bicyclic) bond motifs is 1. The van der Waals surface area contributed by atoms with Crippen molar-refractivity contribution in [2.24, 2.45) is 5.92 Å². The molecular weight excluding hydrogens is 524 g/mol. The normalized spacial score (nSPS) is 15.8. The summed E-state index contributed by atoms with van der Waals surface area (Å²) in [4.78, 5) is 22.5. The lowest BCUT2D eigenvalue weighted by Crippen LogP contribution is -2.45. The molecule has 3 aromatic rings. The molecule has 2 aromatic heterocycles. The third-order valence-corrected chi connectivity index (χ3v) is 11.1. The molecule has 4 rings (SSSR count). The SMILES string of the molecule is Cc1cc2nc(N(CCCN(C)C)C(=O)C3CCN(S(=O)(=O)c4ccc(Cl)s4)CC3)sc2cc1C. The highest BCUT2D eigenvalue weighted by Crippen LogP contribution is 2.34. The van der Waals surface area contributed by atoms with Crippen molar-refractivity contribution in [3.05, 3.63) is 39.7 Å². The van der Waals surface area contributed by atoms with E-state index in [2.05, 4.69) is 30.9 Å². The minimum absolute atomic E-state index is 0.0347. The summed E-state index contributed by atoms with van der Waals surface area (Å²) < 4.78 is 29.2. The number of nitrogens with zero attached hydrogens (tertiary/aromatic N) is 4. The van der Waals surface area contributed by atoms with Crippen molar-refractivity contribution in [2.45, 2.75) is 37.3 Å². The molecule has 1 amide bonds. The molecule has 0 atom stereocenters. The fourth-order valence-electron chi connectivity index (χ4n) is 4.26. The van der Waals surface area contributed by atoms with E-state index >= 15 is 0 Å². The van der Waals surface area contributed by atoms with Crippen LogP contribution in [0.1, 0.15) is 30.4 Å². The largest absolute Gasteiger partial charge is 0.309 e. The number of halogens is 1. The first kappa shape index (κ1) is 26.5.